The van der Waals surface area contributed by atoms with Crippen LogP contribution in [0.4, 0.5) is 0 Å². The van der Waals surface area contributed by atoms with E-state index in [-0.39, 0.29) is 5.41 Å². The molecule has 6 aromatic rings. The minimum atomic E-state index is -0.0981. The number of allylic oxidation sites excluding steroid dienone is 2. The van der Waals surface area contributed by atoms with Crippen LogP contribution in [0, 0.1) is 6.92 Å². The molecule has 0 N–H and O–H groups in total. The van der Waals surface area contributed by atoms with Crippen molar-refractivity contribution in [2.24, 2.45) is 0 Å². The van der Waals surface area contributed by atoms with Crippen molar-refractivity contribution in [1.29, 1.82) is 0 Å². The Bertz CT molecular complexity index is 1890. The van der Waals surface area contributed by atoms with E-state index in [2.05, 4.69) is 117 Å². The van der Waals surface area contributed by atoms with Crippen molar-refractivity contribution < 1.29 is 0 Å². The largest absolute Gasteiger partial charge is 0.310 e. The number of aromatic nitrogens is 1. The van der Waals surface area contributed by atoms with Gasteiger partial charge in [-0.15, -0.1) is 11.3 Å². The molecule has 2 heteroatoms. The average molecular weight is 482 g/mol. The third-order valence-electron chi connectivity index (χ3n) is 7.96. The maximum Gasteiger partial charge on any atom is 0.0537 e. The van der Waals surface area contributed by atoms with Gasteiger partial charge in [0.05, 0.1) is 5.52 Å². The molecule has 0 radical (unpaired) electrons. The summed E-state index contributed by atoms with van der Waals surface area (Å²) in [6.45, 7) is 10.9. The normalized spacial score (nSPS) is 14.2. The second-order valence-electron chi connectivity index (χ2n) is 10.3. The number of nitrogens with zero attached hydrogens (tertiary/aromatic N) is 1. The van der Waals surface area contributed by atoms with Crippen LogP contribution in [0.25, 0.3) is 54.0 Å². The predicted molar refractivity (Wildman–Crippen MR) is 158 cm³/mol. The first-order valence-electron chi connectivity index (χ1n) is 12.5. The molecule has 0 aliphatic heterocycles. The van der Waals surface area contributed by atoms with Gasteiger partial charge in [0.1, 0.15) is 0 Å². The molecular formula is C34H27NS. The fourth-order valence-electron chi connectivity index (χ4n) is 6.31. The number of aryl methyl sites for hydroxylation is 1. The third kappa shape index (κ3) is 2.76. The Hall–Kier alpha value is -3.88. The maximum absolute atomic E-state index is 3.90. The van der Waals surface area contributed by atoms with Crippen LogP contribution in [-0.4, -0.2) is 4.57 Å². The molecule has 0 unspecified atom stereocenters. The summed E-state index contributed by atoms with van der Waals surface area (Å²) in [5, 5.41) is 4.09. The Labute approximate surface area is 215 Å². The zero-order valence-corrected chi connectivity index (χ0v) is 21.6. The van der Waals surface area contributed by atoms with E-state index in [1.165, 1.54) is 70.3 Å². The van der Waals surface area contributed by atoms with Gasteiger partial charge in [-0.1, -0.05) is 81.1 Å². The van der Waals surface area contributed by atoms with Gasteiger partial charge in [0.2, 0.25) is 0 Å². The molecule has 0 bridgehead atoms. The topological polar surface area (TPSA) is 4.93 Å². The van der Waals surface area contributed by atoms with E-state index in [1.807, 2.05) is 23.5 Å². The highest BCUT2D eigenvalue weighted by Gasteiger charge is 2.38. The summed E-state index contributed by atoms with van der Waals surface area (Å²) in [7, 11) is 0. The molecule has 2 heterocycles. The standard InChI is InChI=1S/C34H27NS/c1-5-6-13-28-21(2)23-11-7-9-14-29(23)35(28)22-16-17-24-25-18-19-31-32(26-12-8-10-15-30(26)36-31)33(25)34(3,4)27(24)20-22/h5-20H,1H2,2-4H3/b13-6-. The predicted octanol–water partition coefficient (Wildman–Crippen LogP) is 9.81. The summed E-state index contributed by atoms with van der Waals surface area (Å²) in [5.74, 6) is 0. The number of para-hydroxylation sites is 1. The fourth-order valence-corrected chi connectivity index (χ4v) is 7.42. The maximum atomic E-state index is 3.90. The Balaban J connectivity index is 1.51. The first kappa shape index (κ1) is 21.4. The van der Waals surface area contributed by atoms with Gasteiger partial charge in [-0.2, -0.15) is 0 Å². The highest BCUT2D eigenvalue weighted by molar-refractivity contribution is 7.25. The van der Waals surface area contributed by atoms with E-state index in [4.69, 9.17) is 0 Å². The Kier molecular flexibility index (Phi) is 4.49. The second kappa shape index (κ2) is 7.56. The number of benzene rings is 4. The van der Waals surface area contributed by atoms with Crippen LogP contribution < -0.4 is 0 Å². The van der Waals surface area contributed by atoms with Crippen LogP contribution >= 0.6 is 11.3 Å². The van der Waals surface area contributed by atoms with Gasteiger partial charge in [-0.3, -0.25) is 0 Å². The summed E-state index contributed by atoms with van der Waals surface area (Å²) in [4.78, 5) is 0. The van der Waals surface area contributed by atoms with E-state index < -0.39 is 0 Å². The lowest BCUT2D eigenvalue weighted by atomic mass is 9.80. The zero-order chi connectivity index (χ0) is 24.6. The second-order valence-corrected chi connectivity index (χ2v) is 11.4. The van der Waals surface area contributed by atoms with E-state index in [1.54, 1.807) is 0 Å². The molecule has 0 spiro atoms. The summed E-state index contributed by atoms with van der Waals surface area (Å²) in [6.07, 6.45) is 6.06. The lowest BCUT2D eigenvalue weighted by Gasteiger charge is -2.23. The van der Waals surface area contributed by atoms with Crippen molar-refractivity contribution in [3.8, 4) is 16.8 Å². The van der Waals surface area contributed by atoms with Gasteiger partial charge in [0.25, 0.3) is 0 Å². The highest BCUT2D eigenvalue weighted by Crippen LogP contribution is 2.54. The van der Waals surface area contributed by atoms with E-state index in [0.717, 1.165) is 0 Å². The molecule has 0 amide bonds. The summed E-state index contributed by atoms with van der Waals surface area (Å²) < 4.78 is 5.14. The smallest absolute Gasteiger partial charge is 0.0537 e. The number of hydrogen-bond acceptors (Lipinski definition) is 1. The van der Waals surface area contributed by atoms with Crippen molar-refractivity contribution >= 4 is 48.5 Å². The molecule has 0 atom stereocenters. The SMILES string of the molecule is C=C/C=C\c1c(C)c2ccccc2n1-c1ccc2c(c1)C(C)(C)c1c-2ccc2sc3ccccc3c12. The molecule has 174 valence electrons. The van der Waals surface area contributed by atoms with Gasteiger partial charge < -0.3 is 4.57 Å². The van der Waals surface area contributed by atoms with Crippen molar-refractivity contribution in [1.82, 2.24) is 4.57 Å². The molecule has 0 fully saturated rings. The van der Waals surface area contributed by atoms with Crippen LogP contribution in [0.2, 0.25) is 0 Å². The Morgan fingerprint density at radius 3 is 2.42 bits per heavy atom. The molecule has 1 aliphatic carbocycles. The van der Waals surface area contributed by atoms with Crippen LogP contribution in [-0.2, 0) is 5.41 Å². The van der Waals surface area contributed by atoms with Crippen LogP contribution in [0.1, 0.15) is 36.2 Å². The fraction of sp³-hybridized carbons (Fsp3) is 0.118. The van der Waals surface area contributed by atoms with Gasteiger partial charge in [-0.25, -0.2) is 0 Å². The first-order valence-corrected chi connectivity index (χ1v) is 13.3. The molecule has 7 rings (SSSR count). The minimum Gasteiger partial charge on any atom is -0.310 e. The average Bonchev–Trinajstić information content (AvgIpc) is 3.48. The monoisotopic (exact) mass is 481 g/mol. The molecule has 0 saturated carbocycles. The van der Waals surface area contributed by atoms with Crippen molar-refractivity contribution in [3.63, 3.8) is 0 Å². The summed E-state index contributed by atoms with van der Waals surface area (Å²) in [5.41, 5.74) is 10.4. The molecule has 36 heavy (non-hydrogen) atoms. The van der Waals surface area contributed by atoms with Crippen molar-refractivity contribution in [2.75, 3.05) is 0 Å². The summed E-state index contributed by atoms with van der Waals surface area (Å²) in [6, 6.07) is 29.2. The number of hydrogen-bond donors (Lipinski definition) is 0. The first-order chi connectivity index (χ1) is 17.5. The van der Waals surface area contributed by atoms with Gasteiger partial charge >= 0.3 is 0 Å². The zero-order valence-electron chi connectivity index (χ0n) is 20.8. The van der Waals surface area contributed by atoms with Gasteiger partial charge in [-0.05, 0) is 71.1 Å². The minimum absolute atomic E-state index is 0.0981. The van der Waals surface area contributed by atoms with Crippen molar-refractivity contribution in [2.45, 2.75) is 26.2 Å². The lowest BCUT2D eigenvalue weighted by molar-refractivity contribution is 0.666. The number of rotatable bonds is 3. The van der Waals surface area contributed by atoms with Crippen LogP contribution in [0.15, 0.2) is 97.6 Å². The number of fused-ring (bicyclic) bond motifs is 8. The quantitative estimate of drug-likeness (QED) is 0.222. The molecule has 2 aromatic heterocycles. The van der Waals surface area contributed by atoms with Crippen LogP contribution in [0.5, 0.6) is 0 Å². The highest BCUT2D eigenvalue weighted by atomic mass is 32.1. The molecule has 1 aliphatic rings. The molecule has 4 aromatic carbocycles. The van der Waals surface area contributed by atoms with Crippen molar-refractivity contribution in [3.05, 3.63) is 120 Å². The van der Waals surface area contributed by atoms with E-state index >= 15 is 0 Å². The number of thiophene rings is 1. The summed E-state index contributed by atoms with van der Waals surface area (Å²) >= 11 is 1.90. The molecule has 1 nitrogen and oxygen atoms in total. The Morgan fingerprint density at radius 1 is 0.833 bits per heavy atom. The molecular weight excluding hydrogens is 454 g/mol. The lowest BCUT2D eigenvalue weighted by Crippen LogP contribution is -2.16. The van der Waals surface area contributed by atoms with Gasteiger partial charge in [0, 0.05) is 42.4 Å². The van der Waals surface area contributed by atoms with E-state index in [0.29, 0.717) is 0 Å². The van der Waals surface area contributed by atoms with E-state index in [9.17, 15) is 0 Å². The molecule has 0 saturated heterocycles. The van der Waals surface area contributed by atoms with Gasteiger partial charge in [0.15, 0.2) is 0 Å². The Morgan fingerprint density at radius 2 is 1.58 bits per heavy atom. The third-order valence-corrected chi connectivity index (χ3v) is 9.09. The van der Waals surface area contributed by atoms with Crippen LogP contribution in [0.3, 0.4) is 0 Å².